The van der Waals surface area contributed by atoms with Gasteiger partial charge in [0.05, 0.1) is 5.56 Å². The summed E-state index contributed by atoms with van der Waals surface area (Å²) < 4.78 is 2.41. The number of aromatic nitrogens is 3. The third-order valence-electron chi connectivity index (χ3n) is 2.06. The summed E-state index contributed by atoms with van der Waals surface area (Å²) in [5, 5.41) is 6.57. The number of carbonyl (C=O) groups is 1. The Morgan fingerprint density at radius 3 is 2.81 bits per heavy atom. The second-order valence-corrected chi connectivity index (χ2v) is 4.30. The van der Waals surface area contributed by atoms with E-state index in [1.54, 1.807) is 13.1 Å². The molecule has 2 rings (SSSR count). The highest BCUT2D eigenvalue weighted by atomic mass is 127. The summed E-state index contributed by atoms with van der Waals surface area (Å²) in [6, 6.07) is 7.37. The second kappa shape index (κ2) is 4.60. The lowest BCUT2D eigenvalue weighted by atomic mass is 10.2. The van der Waals surface area contributed by atoms with Crippen LogP contribution in [0.4, 0.5) is 5.95 Å². The van der Waals surface area contributed by atoms with Gasteiger partial charge < -0.3 is 0 Å². The van der Waals surface area contributed by atoms with Gasteiger partial charge in [-0.05, 0) is 34.7 Å². The fourth-order valence-corrected chi connectivity index (χ4v) is 1.86. The smallest absolute Gasteiger partial charge is 0.259 e. The van der Waals surface area contributed by atoms with Crippen molar-refractivity contribution in [3.63, 3.8) is 0 Å². The molecule has 1 N–H and O–H groups in total. The first-order valence-corrected chi connectivity index (χ1v) is 5.66. The van der Waals surface area contributed by atoms with Crippen LogP contribution in [0, 0.1) is 3.57 Å². The highest BCUT2D eigenvalue weighted by Crippen LogP contribution is 2.12. The Kier molecular flexibility index (Phi) is 3.18. The second-order valence-electron chi connectivity index (χ2n) is 3.14. The molecule has 0 aliphatic carbocycles. The molecule has 0 atom stereocenters. The number of rotatable bonds is 2. The van der Waals surface area contributed by atoms with E-state index in [1.165, 1.54) is 11.0 Å². The van der Waals surface area contributed by atoms with Gasteiger partial charge in [0.25, 0.3) is 5.91 Å². The summed E-state index contributed by atoms with van der Waals surface area (Å²) in [5.41, 5.74) is 0.631. The van der Waals surface area contributed by atoms with Crippen LogP contribution >= 0.6 is 22.6 Å². The zero-order chi connectivity index (χ0) is 11.5. The van der Waals surface area contributed by atoms with Crippen LogP contribution in [0.15, 0.2) is 30.6 Å². The van der Waals surface area contributed by atoms with Crippen LogP contribution in [0.2, 0.25) is 0 Å². The molecule has 0 saturated carbocycles. The van der Waals surface area contributed by atoms with Crippen molar-refractivity contribution in [2.24, 2.45) is 7.05 Å². The lowest BCUT2D eigenvalue weighted by molar-refractivity contribution is 0.102. The van der Waals surface area contributed by atoms with Crippen LogP contribution in [-0.4, -0.2) is 20.7 Å². The van der Waals surface area contributed by atoms with Crippen LogP contribution in [0.1, 0.15) is 10.4 Å². The van der Waals surface area contributed by atoms with Gasteiger partial charge in [0.15, 0.2) is 0 Å². The van der Waals surface area contributed by atoms with E-state index in [4.69, 9.17) is 0 Å². The van der Waals surface area contributed by atoms with E-state index >= 15 is 0 Å². The molecule has 0 fully saturated rings. The molecule has 0 bridgehead atoms. The Bertz CT molecular complexity index is 523. The Morgan fingerprint density at radius 2 is 2.19 bits per heavy atom. The number of amides is 1. The molecule has 16 heavy (non-hydrogen) atoms. The van der Waals surface area contributed by atoms with Gasteiger partial charge >= 0.3 is 0 Å². The summed E-state index contributed by atoms with van der Waals surface area (Å²) in [6.45, 7) is 0. The molecule has 1 aromatic carbocycles. The molecule has 0 aliphatic rings. The fourth-order valence-electron chi connectivity index (χ4n) is 1.22. The van der Waals surface area contributed by atoms with Gasteiger partial charge in [0, 0.05) is 10.6 Å². The number of aryl methyl sites for hydroxylation is 1. The molecular formula is C10H9IN4O. The number of nitrogens with one attached hydrogen (secondary N) is 1. The average molecular weight is 328 g/mol. The molecule has 6 heteroatoms. The first-order chi connectivity index (χ1) is 7.68. The van der Waals surface area contributed by atoms with Crippen molar-refractivity contribution in [2.45, 2.75) is 0 Å². The number of benzene rings is 1. The minimum absolute atomic E-state index is 0.180. The number of hydrogen-bond donors (Lipinski definition) is 1. The maximum absolute atomic E-state index is 11.9. The molecule has 0 radical (unpaired) electrons. The predicted molar refractivity (Wildman–Crippen MR) is 68.1 cm³/mol. The van der Waals surface area contributed by atoms with E-state index < -0.39 is 0 Å². The first kappa shape index (κ1) is 11.1. The Balaban J connectivity index is 2.22. The van der Waals surface area contributed by atoms with Crippen molar-refractivity contribution in [1.82, 2.24) is 14.8 Å². The van der Waals surface area contributed by atoms with E-state index in [1.807, 2.05) is 18.2 Å². The minimum Gasteiger partial charge on any atom is -0.291 e. The molecular weight excluding hydrogens is 319 g/mol. The topological polar surface area (TPSA) is 59.8 Å². The van der Waals surface area contributed by atoms with Crippen molar-refractivity contribution in [2.75, 3.05) is 5.32 Å². The Labute approximate surface area is 106 Å². The number of hydrogen-bond acceptors (Lipinski definition) is 3. The predicted octanol–water partition coefficient (Wildman–Crippen LogP) is 1.67. The first-order valence-electron chi connectivity index (χ1n) is 4.58. The lowest BCUT2D eigenvalue weighted by Gasteiger charge is -2.05. The third kappa shape index (κ3) is 2.21. The van der Waals surface area contributed by atoms with Crippen LogP contribution < -0.4 is 5.32 Å². The quantitative estimate of drug-likeness (QED) is 0.853. The van der Waals surface area contributed by atoms with Crippen molar-refractivity contribution in [3.05, 3.63) is 39.7 Å². The Morgan fingerprint density at radius 1 is 1.44 bits per heavy atom. The highest BCUT2D eigenvalue weighted by molar-refractivity contribution is 14.1. The van der Waals surface area contributed by atoms with Gasteiger partial charge in [0.2, 0.25) is 5.95 Å². The van der Waals surface area contributed by atoms with Gasteiger partial charge in [-0.2, -0.15) is 10.1 Å². The number of anilines is 1. The van der Waals surface area contributed by atoms with E-state index in [9.17, 15) is 4.79 Å². The standard InChI is InChI=1S/C10H9IN4O/c1-15-10(12-6-13-15)14-9(16)7-4-2-3-5-8(7)11/h2-6H,1H3,(H,12,13,14,16). The van der Waals surface area contributed by atoms with Crippen LogP contribution in [0.3, 0.4) is 0 Å². The normalized spacial score (nSPS) is 10.1. The van der Waals surface area contributed by atoms with E-state index in [2.05, 4.69) is 38.0 Å². The van der Waals surface area contributed by atoms with E-state index in [-0.39, 0.29) is 5.91 Å². The molecule has 0 spiro atoms. The zero-order valence-corrected chi connectivity index (χ0v) is 10.7. The molecule has 1 aromatic heterocycles. The summed E-state index contributed by atoms with van der Waals surface area (Å²) >= 11 is 2.12. The molecule has 0 aliphatic heterocycles. The lowest BCUT2D eigenvalue weighted by Crippen LogP contribution is -2.16. The van der Waals surface area contributed by atoms with Gasteiger partial charge in [-0.25, -0.2) is 4.68 Å². The van der Waals surface area contributed by atoms with Crippen molar-refractivity contribution in [3.8, 4) is 0 Å². The summed E-state index contributed by atoms with van der Waals surface area (Å²) in [4.78, 5) is 15.8. The van der Waals surface area contributed by atoms with Gasteiger partial charge in [0.1, 0.15) is 6.33 Å². The van der Waals surface area contributed by atoms with Crippen molar-refractivity contribution < 1.29 is 4.79 Å². The number of halogens is 1. The van der Waals surface area contributed by atoms with Gasteiger partial charge in [-0.3, -0.25) is 10.1 Å². The van der Waals surface area contributed by atoms with E-state index in [0.717, 1.165) is 3.57 Å². The molecule has 2 aromatic rings. The SMILES string of the molecule is Cn1ncnc1NC(=O)c1ccccc1I. The molecule has 1 amide bonds. The van der Waals surface area contributed by atoms with Gasteiger partial charge in [-0.1, -0.05) is 12.1 Å². The van der Waals surface area contributed by atoms with Crippen LogP contribution in [-0.2, 0) is 7.05 Å². The summed E-state index contributed by atoms with van der Waals surface area (Å²) in [5.74, 6) is 0.255. The zero-order valence-electron chi connectivity index (χ0n) is 8.51. The molecule has 0 saturated heterocycles. The maximum Gasteiger partial charge on any atom is 0.259 e. The molecule has 1 heterocycles. The monoisotopic (exact) mass is 328 g/mol. The van der Waals surface area contributed by atoms with Gasteiger partial charge in [-0.15, -0.1) is 0 Å². The van der Waals surface area contributed by atoms with E-state index in [0.29, 0.717) is 11.5 Å². The maximum atomic E-state index is 11.9. The molecule has 5 nitrogen and oxygen atoms in total. The average Bonchev–Trinajstić information content (AvgIpc) is 2.65. The summed E-state index contributed by atoms with van der Waals surface area (Å²) in [6.07, 6.45) is 1.39. The molecule has 82 valence electrons. The fraction of sp³-hybridized carbons (Fsp3) is 0.100. The number of nitrogens with zero attached hydrogens (tertiary/aromatic N) is 3. The Hall–Kier alpha value is -1.44. The van der Waals surface area contributed by atoms with Crippen molar-refractivity contribution >= 4 is 34.4 Å². The third-order valence-corrected chi connectivity index (χ3v) is 3.00. The molecule has 0 unspecified atom stereocenters. The van der Waals surface area contributed by atoms with Crippen LogP contribution in [0.5, 0.6) is 0 Å². The summed E-state index contributed by atoms with van der Waals surface area (Å²) in [7, 11) is 1.72. The van der Waals surface area contributed by atoms with Crippen LogP contribution in [0.25, 0.3) is 0 Å². The largest absolute Gasteiger partial charge is 0.291 e. The van der Waals surface area contributed by atoms with Crippen molar-refractivity contribution in [1.29, 1.82) is 0 Å². The minimum atomic E-state index is -0.180. The highest BCUT2D eigenvalue weighted by Gasteiger charge is 2.11. The number of carbonyl (C=O) groups excluding carboxylic acids is 1.